The number of amides is 1. The van der Waals surface area contributed by atoms with Gasteiger partial charge in [-0.2, -0.15) is 0 Å². The van der Waals surface area contributed by atoms with Crippen LogP contribution in [0.15, 0.2) is 24.3 Å². The number of ether oxygens (including phenoxy) is 1. The zero-order valence-electron chi connectivity index (χ0n) is 13.5. The molecule has 0 saturated heterocycles. The van der Waals surface area contributed by atoms with Crippen LogP contribution in [0.2, 0.25) is 0 Å². The van der Waals surface area contributed by atoms with Gasteiger partial charge >= 0.3 is 5.97 Å². The van der Waals surface area contributed by atoms with Crippen LogP contribution in [0, 0.1) is 5.92 Å². The van der Waals surface area contributed by atoms with Gasteiger partial charge in [0, 0.05) is 18.0 Å². The summed E-state index contributed by atoms with van der Waals surface area (Å²) < 4.78 is 5.60. The largest absolute Gasteiger partial charge is 0.494 e. The SMILES string of the molecule is CC(C)CCOc1ccc(C(=O)NC(C)CCC(=O)O)cc1. The average molecular weight is 307 g/mol. The molecule has 0 aliphatic carbocycles. The molecule has 0 saturated carbocycles. The molecular weight excluding hydrogens is 282 g/mol. The fourth-order valence-electron chi connectivity index (χ4n) is 1.83. The van der Waals surface area contributed by atoms with Gasteiger partial charge in [0.05, 0.1) is 6.61 Å². The maximum Gasteiger partial charge on any atom is 0.303 e. The summed E-state index contributed by atoms with van der Waals surface area (Å²) >= 11 is 0. The summed E-state index contributed by atoms with van der Waals surface area (Å²) in [6.07, 6.45) is 1.45. The van der Waals surface area contributed by atoms with E-state index in [9.17, 15) is 9.59 Å². The van der Waals surface area contributed by atoms with Gasteiger partial charge in [-0.1, -0.05) is 13.8 Å². The van der Waals surface area contributed by atoms with Crippen molar-refractivity contribution in [2.24, 2.45) is 5.92 Å². The molecule has 1 atom stereocenters. The molecule has 122 valence electrons. The average Bonchev–Trinajstić information content (AvgIpc) is 2.45. The first-order valence-electron chi connectivity index (χ1n) is 7.64. The molecule has 1 aromatic carbocycles. The van der Waals surface area contributed by atoms with Crippen LogP contribution in [-0.2, 0) is 4.79 Å². The van der Waals surface area contributed by atoms with E-state index >= 15 is 0 Å². The monoisotopic (exact) mass is 307 g/mol. The molecule has 1 rings (SSSR count). The smallest absolute Gasteiger partial charge is 0.303 e. The van der Waals surface area contributed by atoms with E-state index in [1.807, 2.05) is 0 Å². The van der Waals surface area contributed by atoms with Crippen LogP contribution in [0.25, 0.3) is 0 Å². The molecule has 2 N–H and O–H groups in total. The minimum Gasteiger partial charge on any atom is -0.494 e. The number of carboxylic acids is 1. The van der Waals surface area contributed by atoms with Gasteiger partial charge in [0.25, 0.3) is 5.91 Å². The van der Waals surface area contributed by atoms with Crippen molar-refractivity contribution in [1.29, 1.82) is 0 Å². The van der Waals surface area contributed by atoms with Crippen LogP contribution < -0.4 is 10.1 Å². The van der Waals surface area contributed by atoms with Crippen molar-refractivity contribution >= 4 is 11.9 Å². The van der Waals surface area contributed by atoms with Crippen LogP contribution in [0.3, 0.4) is 0 Å². The number of nitrogens with one attached hydrogen (secondary N) is 1. The van der Waals surface area contributed by atoms with E-state index in [0.29, 0.717) is 24.5 Å². The zero-order valence-corrected chi connectivity index (χ0v) is 13.5. The minimum absolute atomic E-state index is 0.0457. The van der Waals surface area contributed by atoms with Crippen molar-refractivity contribution in [2.75, 3.05) is 6.61 Å². The Balaban J connectivity index is 2.44. The van der Waals surface area contributed by atoms with E-state index in [-0.39, 0.29) is 18.4 Å². The van der Waals surface area contributed by atoms with E-state index in [0.717, 1.165) is 12.2 Å². The Morgan fingerprint density at radius 3 is 2.32 bits per heavy atom. The van der Waals surface area contributed by atoms with Crippen molar-refractivity contribution in [2.45, 2.75) is 46.1 Å². The molecular formula is C17H25NO4. The Hall–Kier alpha value is -2.04. The van der Waals surface area contributed by atoms with E-state index in [4.69, 9.17) is 9.84 Å². The second kappa shape index (κ2) is 9.07. The standard InChI is InChI=1S/C17H25NO4/c1-12(2)10-11-22-15-7-5-14(6-8-15)17(21)18-13(3)4-9-16(19)20/h5-8,12-13H,4,9-11H2,1-3H3,(H,18,21)(H,19,20). The molecule has 0 bridgehead atoms. The normalized spacial score (nSPS) is 12.0. The molecule has 1 unspecified atom stereocenters. The predicted molar refractivity (Wildman–Crippen MR) is 85.2 cm³/mol. The zero-order chi connectivity index (χ0) is 16.5. The highest BCUT2D eigenvalue weighted by atomic mass is 16.5. The Labute approximate surface area is 131 Å². The van der Waals surface area contributed by atoms with Gasteiger partial charge in [0.15, 0.2) is 0 Å². The summed E-state index contributed by atoms with van der Waals surface area (Å²) in [7, 11) is 0. The third-order valence-electron chi connectivity index (χ3n) is 3.25. The topological polar surface area (TPSA) is 75.6 Å². The van der Waals surface area contributed by atoms with Crippen LogP contribution in [0.4, 0.5) is 0 Å². The van der Waals surface area contributed by atoms with Crippen molar-refractivity contribution in [3.63, 3.8) is 0 Å². The first-order valence-corrected chi connectivity index (χ1v) is 7.64. The lowest BCUT2D eigenvalue weighted by Crippen LogP contribution is -2.32. The summed E-state index contributed by atoms with van der Waals surface area (Å²) in [6.45, 7) is 6.74. The van der Waals surface area contributed by atoms with Crippen LogP contribution in [0.1, 0.15) is 50.4 Å². The summed E-state index contributed by atoms with van der Waals surface area (Å²) in [5, 5.41) is 11.4. The quantitative estimate of drug-likeness (QED) is 0.735. The molecule has 0 aliphatic heterocycles. The van der Waals surface area contributed by atoms with Gasteiger partial charge in [-0.05, 0) is 49.9 Å². The van der Waals surface area contributed by atoms with Crippen molar-refractivity contribution in [1.82, 2.24) is 5.32 Å². The van der Waals surface area contributed by atoms with Crippen molar-refractivity contribution in [3.05, 3.63) is 29.8 Å². The fourth-order valence-corrected chi connectivity index (χ4v) is 1.83. The number of carboxylic acid groups (broad SMARTS) is 1. The van der Waals surface area contributed by atoms with Crippen molar-refractivity contribution in [3.8, 4) is 5.75 Å². The van der Waals surface area contributed by atoms with Crippen molar-refractivity contribution < 1.29 is 19.4 Å². The molecule has 5 heteroatoms. The summed E-state index contributed by atoms with van der Waals surface area (Å²) in [6, 6.07) is 6.80. The molecule has 0 heterocycles. The van der Waals surface area contributed by atoms with E-state index in [1.54, 1.807) is 31.2 Å². The Bertz CT molecular complexity index is 482. The van der Waals surface area contributed by atoms with Gasteiger partial charge in [0.1, 0.15) is 5.75 Å². The number of hydrogen-bond donors (Lipinski definition) is 2. The third-order valence-corrected chi connectivity index (χ3v) is 3.25. The maximum atomic E-state index is 12.0. The molecule has 0 aliphatic rings. The van der Waals surface area contributed by atoms with E-state index in [2.05, 4.69) is 19.2 Å². The molecule has 0 fully saturated rings. The van der Waals surface area contributed by atoms with Gasteiger partial charge in [-0.25, -0.2) is 0 Å². The van der Waals surface area contributed by atoms with E-state index in [1.165, 1.54) is 0 Å². The second-order valence-electron chi connectivity index (χ2n) is 5.86. The molecule has 22 heavy (non-hydrogen) atoms. The predicted octanol–water partition coefficient (Wildman–Crippen LogP) is 3.09. The summed E-state index contributed by atoms with van der Waals surface area (Å²) in [4.78, 5) is 22.5. The minimum atomic E-state index is -0.857. The first-order chi connectivity index (χ1) is 10.4. The lowest BCUT2D eigenvalue weighted by atomic mass is 10.1. The lowest BCUT2D eigenvalue weighted by molar-refractivity contribution is -0.137. The Kier molecular flexibility index (Phi) is 7.43. The Morgan fingerprint density at radius 1 is 1.14 bits per heavy atom. The van der Waals surface area contributed by atoms with E-state index < -0.39 is 5.97 Å². The molecule has 1 amide bonds. The second-order valence-corrected chi connectivity index (χ2v) is 5.86. The van der Waals surface area contributed by atoms with Gasteiger partial charge in [0.2, 0.25) is 0 Å². The Morgan fingerprint density at radius 2 is 1.77 bits per heavy atom. The molecule has 0 aromatic heterocycles. The molecule has 5 nitrogen and oxygen atoms in total. The van der Waals surface area contributed by atoms with Crippen LogP contribution in [0.5, 0.6) is 5.75 Å². The molecule has 0 radical (unpaired) electrons. The number of aliphatic carboxylic acids is 1. The van der Waals surface area contributed by atoms with Crippen LogP contribution >= 0.6 is 0 Å². The van der Waals surface area contributed by atoms with Crippen LogP contribution in [-0.4, -0.2) is 29.6 Å². The maximum absolute atomic E-state index is 12.0. The highest BCUT2D eigenvalue weighted by Crippen LogP contribution is 2.13. The lowest BCUT2D eigenvalue weighted by Gasteiger charge is -2.13. The fraction of sp³-hybridized carbons (Fsp3) is 0.529. The first kappa shape index (κ1) is 18.0. The number of hydrogen-bond acceptors (Lipinski definition) is 3. The summed E-state index contributed by atoms with van der Waals surface area (Å²) in [5.41, 5.74) is 0.540. The molecule has 1 aromatic rings. The number of carbonyl (C=O) groups excluding carboxylic acids is 1. The molecule has 0 spiro atoms. The van der Waals surface area contributed by atoms with Gasteiger partial charge in [-0.15, -0.1) is 0 Å². The third kappa shape index (κ3) is 7.11. The highest BCUT2D eigenvalue weighted by Gasteiger charge is 2.11. The summed E-state index contributed by atoms with van der Waals surface area (Å²) in [5.74, 6) is 0.282. The number of carbonyl (C=O) groups is 2. The highest BCUT2D eigenvalue weighted by molar-refractivity contribution is 5.94. The van der Waals surface area contributed by atoms with Gasteiger partial charge < -0.3 is 15.2 Å². The van der Waals surface area contributed by atoms with Gasteiger partial charge in [-0.3, -0.25) is 9.59 Å². The number of rotatable bonds is 9. The number of benzene rings is 1.